The first-order valence-electron chi connectivity index (χ1n) is 7.90. The van der Waals surface area contributed by atoms with Crippen molar-refractivity contribution in [1.29, 1.82) is 0 Å². The molecule has 126 valence electrons. The average Bonchev–Trinajstić information content (AvgIpc) is 2.60. The summed E-state index contributed by atoms with van der Waals surface area (Å²) in [4.78, 5) is 32.7. The minimum absolute atomic E-state index is 0.0469. The predicted molar refractivity (Wildman–Crippen MR) is 95.7 cm³/mol. The van der Waals surface area contributed by atoms with Crippen LogP contribution in [0.4, 0.5) is 0 Å². The molecule has 3 aromatic rings. The number of carboxylic acid groups (broad SMARTS) is 1. The zero-order valence-electron chi connectivity index (χ0n) is 13.9. The quantitative estimate of drug-likeness (QED) is 0.792. The number of rotatable bonds is 4. The van der Waals surface area contributed by atoms with Gasteiger partial charge in [-0.2, -0.15) is 0 Å². The number of fused-ring (bicyclic) bond motifs is 1. The standard InChI is InChI=1S/C19H17N3O3/c1-3-15-16(9-8-14-6-4-5-12(2)20-14)21-17-10-7-13(19(24)25)11-22(17)18(15)23/h4-11H,3H2,1-2H3,(H,24,25)/b9-8+. The van der Waals surface area contributed by atoms with Crippen LogP contribution in [0, 0.1) is 6.92 Å². The van der Waals surface area contributed by atoms with Gasteiger partial charge in [-0.15, -0.1) is 0 Å². The Hall–Kier alpha value is -3.28. The van der Waals surface area contributed by atoms with Crippen molar-refractivity contribution in [3.8, 4) is 0 Å². The van der Waals surface area contributed by atoms with Gasteiger partial charge in [0, 0.05) is 17.5 Å². The summed E-state index contributed by atoms with van der Waals surface area (Å²) in [5.41, 5.74) is 2.99. The van der Waals surface area contributed by atoms with Crippen molar-refractivity contribution in [1.82, 2.24) is 14.4 Å². The van der Waals surface area contributed by atoms with E-state index in [4.69, 9.17) is 5.11 Å². The molecule has 0 aliphatic heterocycles. The Bertz CT molecular complexity index is 1050. The number of pyridine rings is 2. The van der Waals surface area contributed by atoms with Gasteiger partial charge in [-0.3, -0.25) is 14.2 Å². The fourth-order valence-corrected chi connectivity index (χ4v) is 2.61. The second kappa shape index (κ2) is 6.68. The fourth-order valence-electron chi connectivity index (χ4n) is 2.61. The van der Waals surface area contributed by atoms with Gasteiger partial charge < -0.3 is 5.11 Å². The lowest BCUT2D eigenvalue weighted by atomic mass is 10.1. The Labute approximate surface area is 144 Å². The van der Waals surface area contributed by atoms with Crippen molar-refractivity contribution in [2.24, 2.45) is 0 Å². The van der Waals surface area contributed by atoms with Gasteiger partial charge in [0.05, 0.1) is 17.0 Å². The lowest BCUT2D eigenvalue weighted by Crippen LogP contribution is -2.22. The lowest BCUT2D eigenvalue weighted by Gasteiger charge is -2.07. The summed E-state index contributed by atoms with van der Waals surface area (Å²) < 4.78 is 1.28. The third-order valence-electron chi connectivity index (χ3n) is 3.87. The monoisotopic (exact) mass is 335 g/mol. The number of nitrogens with zero attached hydrogens (tertiary/aromatic N) is 3. The molecule has 3 rings (SSSR count). The molecule has 0 radical (unpaired) electrons. The van der Waals surface area contributed by atoms with Crippen LogP contribution >= 0.6 is 0 Å². The van der Waals surface area contributed by atoms with Crippen molar-refractivity contribution in [2.45, 2.75) is 20.3 Å². The molecule has 0 aromatic carbocycles. The molecule has 0 saturated heterocycles. The Morgan fingerprint density at radius 2 is 2.00 bits per heavy atom. The lowest BCUT2D eigenvalue weighted by molar-refractivity contribution is 0.0696. The van der Waals surface area contributed by atoms with E-state index in [9.17, 15) is 9.59 Å². The minimum Gasteiger partial charge on any atom is -0.478 e. The SMILES string of the molecule is CCc1c(/C=C/c2cccc(C)n2)nc2ccc(C(=O)O)cn2c1=O. The second-order valence-corrected chi connectivity index (χ2v) is 5.62. The third kappa shape index (κ3) is 3.33. The Morgan fingerprint density at radius 1 is 1.20 bits per heavy atom. The Balaban J connectivity index is 2.14. The maximum Gasteiger partial charge on any atom is 0.337 e. The molecular weight excluding hydrogens is 318 g/mol. The second-order valence-electron chi connectivity index (χ2n) is 5.62. The highest BCUT2D eigenvalue weighted by Gasteiger charge is 2.11. The topological polar surface area (TPSA) is 84.6 Å². The molecule has 6 heteroatoms. The van der Waals surface area contributed by atoms with Crippen LogP contribution in [-0.2, 0) is 6.42 Å². The molecule has 25 heavy (non-hydrogen) atoms. The number of hydrogen-bond donors (Lipinski definition) is 1. The summed E-state index contributed by atoms with van der Waals surface area (Å²) in [5.74, 6) is -1.08. The summed E-state index contributed by atoms with van der Waals surface area (Å²) in [7, 11) is 0. The van der Waals surface area contributed by atoms with Crippen LogP contribution in [0.15, 0.2) is 41.3 Å². The first-order chi connectivity index (χ1) is 12.0. The van der Waals surface area contributed by atoms with Crippen molar-refractivity contribution in [3.63, 3.8) is 0 Å². The highest BCUT2D eigenvalue weighted by molar-refractivity contribution is 5.87. The van der Waals surface area contributed by atoms with Crippen LogP contribution in [0.1, 0.15) is 39.9 Å². The van der Waals surface area contributed by atoms with E-state index in [0.29, 0.717) is 23.3 Å². The zero-order chi connectivity index (χ0) is 18.0. The van der Waals surface area contributed by atoms with E-state index in [0.717, 1.165) is 11.4 Å². The number of carboxylic acids is 1. The molecular formula is C19H17N3O3. The Kier molecular flexibility index (Phi) is 4.43. The van der Waals surface area contributed by atoms with Crippen molar-refractivity contribution < 1.29 is 9.90 Å². The molecule has 6 nitrogen and oxygen atoms in total. The largest absolute Gasteiger partial charge is 0.478 e. The van der Waals surface area contributed by atoms with Gasteiger partial charge >= 0.3 is 5.97 Å². The molecule has 3 aromatic heterocycles. The highest BCUT2D eigenvalue weighted by atomic mass is 16.4. The first-order valence-corrected chi connectivity index (χ1v) is 7.90. The van der Waals surface area contributed by atoms with Crippen LogP contribution in [-0.4, -0.2) is 25.4 Å². The minimum atomic E-state index is -1.08. The summed E-state index contributed by atoms with van der Waals surface area (Å²) in [6, 6.07) is 8.68. The van der Waals surface area contributed by atoms with Crippen LogP contribution in [0.2, 0.25) is 0 Å². The molecule has 0 atom stereocenters. The molecule has 0 bridgehead atoms. The summed E-state index contributed by atoms with van der Waals surface area (Å²) in [6.45, 7) is 3.78. The van der Waals surface area contributed by atoms with Crippen LogP contribution in [0.3, 0.4) is 0 Å². The van der Waals surface area contributed by atoms with E-state index in [1.54, 1.807) is 6.08 Å². The number of aryl methyl sites for hydroxylation is 1. The summed E-state index contributed by atoms with van der Waals surface area (Å²) >= 11 is 0. The number of aromatic nitrogens is 3. The van der Waals surface area contributed by atoms with Gasteiger partial charge in [0.2, 0.25) is 0 Å². The molecule has 3 heterocycles. The Morgan fingerprint density at radius 3 is 2.68 bits per heavy atom. The van der Waals surface area contributed by atoms with E-state index in [-0.39, 0.29) is 11.1 Å². The average molecular weight is 335 g/mol. The molecule has 0 aliphatic carbocycles. The van der Waals surface area contributed by atoms with E-state index in [1.165, 1.54) is 22.7 Å². The molecule has 0 aliphatic rings. The van der Waals surface area contributed by atoms with Crippen LogP contribution < -0.4 is 5.56 Å². The van der Waals surface area contributed by atoms with Gasteiger partial charge in [0.25, 0.3) is 5.56 Å². The maximum absolute atomic E-state index is 12.7. The highest BCUT2D eigenvalue weighted by Crippen LogP contribution is 2.11. The predicted octanol–water partition coefficient (Wildman–Crippen LogP) is 2.83. The van der Waals surface area contributed by atoms with Crippen molar-refractivity contribution in [3.05, 3.63) is 75.1 Å². The number of carbonyl (C=O) groups is 1. The number of hydrogen-bond acceptors (Lipinski definition) is 4. The molecule has 0 spiro atoms. The van der Waals surface area contributed by atoms with Crippen LogP contribution in [0.25, 0.3) is 17.8 Å². The van der Waals surface area contributed by atoms with E-state index >= 15 is 0 Å². The van der Waals surface area contributed by atoms with Crippen molar-refractivity contribution >= 4 is 23.8 Å². The molecule has 0 amide bonds. The van der Waals surface area contributed by atoms with Gasteiger partial charge in [0.15, 0.2) is 0 Å². The van der Waals surface area contributed by atoms with Gasteiger partial charge in [-0.25, -0.2) is 9.78 Å². The normalized spacial score (nSPS) is 11.3. The molecule has 0 saturated carbocycles. The van der Waals surface area contributed by atoms with Gasteiger partial charge in [-0.05, 0) is 49.8 Å². The maximum atomic E-state index is 12.7. The van der Waals surface area contributed by atoms with E-state index in [2.05, 4.69) is 9.97 Å². The van der Waals surface area contributed by atoms with E-state index in [1.807, 2.05) is 38.1 Å². The summed E-state index contributed by atoms with van der Waals surface area (Å²) in [5, 5.41) is 9.10. The smallest absolute Gasteiger partial charge is 0.337 e. The fraction of sp³-hybridized carbons (Fsp3) is 0.158. The summed E-state index contributed by atoms with van der Waals surface area (Å²) in [6.07, 6.45) is 5.39. The third-order valence-corrected chi connectivity index (χ3v) is 3.87. The molecule has 0 unspecified atom stereocenters. The molecule has 0 fully saturated rings. The van der Waals surface area contributed by atoms with E-state index < -0.39 is 5.97 Å². The first kappa shape index (κ1) is 16.6. The zero-order valence-corrected chi connectivity index (χ0v) is 13.9. The van der Waals surface area contributed by atoms with Crippen LogP contribution in [0.5, 0.6) is 0 Å². The van der Waals surface area contributed by atoms with Crippen molar-refractivity contribution in [2.75, 3.05) is 0 Å². The van der Waals surface area contributed by atoms with Gasteiger partial charge in [0.1, 0.15) is 5.65 Å². The number of aromatic carboxylic acids is 1. The molecule has 1 N–H and O–H groups in total. The van der Waals surface area contributed by atoms with Gasteiger partial charge in [-0.1, -0.05) is 13.0 Å².